The van der Waals surface area contributed by atoms with Crippen LogP contribution in [0.25, 0.3) is 44.2 Å². The number of methoxy groups -OCH3 is 2. The van der Waals surface area contributed by atoms with Gasteiger partial charge in [0, 0.05) is 17.6 Å². The molecule has 60 heavy (non-hydrogen) atoms. The highest BCUT2D eigenvalue weighted by molar-refractivity contribution is 5.92. The highest BCUT2D eigenvalue weighted by Crippen LogP contribution is 2.42. The number of H-pyrrole nitrogens is 2. The van der Waals surface area contributed by atoms with Crippen LogP contribution in [0.5, 0.6) is 0 Å². The molecule has 2 aliphatic rings. The number of carbonyl (C=O) groups excluding carboxylic acids is 4. The molecule has 2 aliphatic heterocycles. The van der Waals surface area contributed by atoms with Crippen molar-refractivity contribution in [3.05, 3.63) is 72.4 Å². The topological polar surface area (TPSA) is 175 Å². The molecule has 2 fully saturated rings. The van der Waals surface area contributed by atoms with Crippen molar-refractivity contribution < 1.29 is 28.7 Å². The van der Waals surface area contributed by atoms with Crippen molar-refractivity contribution in [3.8, 4) is 22.4 Å². The molecule has 0 unspecified atom stereocenters. The molecule has 0 spiro atoms. The molecule has 8 atom stereocenters. The molecule has 0 radical (unpaired) electrons. The Morgan fingerprint density at radius 1 is 0.667 bits per heavy atom. The van der Waals surface area contributed by atoms with E-state index in [-0.39, 0.29) is 59.7 Å². The average Bonchev–Trinajstić information content (AvgIpc) is 4.02. The summed E-state index contributed by atoms with van der Waals surface area (Å²) in [7, 11) is 2.59. The number of alkyl carbamates (subject to hydrolysis) is 2. The van der Waals surface area contributed by atoms with E-state index in [4.69, 9.17) is 19.4 Å². The lowest BCUT2D eigenvalue weighted by atomic mass is 9.99. The summed E-state index contributed by atoms with van der Waals surface area (Å²) in [5, 5.41) is 7.64. The molecule has 0 bridgehead atoms. The van der Waals surface area contributed by atoms with Crippen molar-refractivity contribution in [3.63, 3.8) is 0 Å². The minimum absolute atomic E-state index is 0.0375. The van der Waals surface area contributed by atoms with E-state index in [1.807, 2.05) is 49.8 Å². The van der Waals surface area contributed by atoms with Gasteiger partial charge in [-0.2, -0.15) is 0 Å². The Kier molecular flexibility index (Phi) is 11.9. The summed E-state index contributed by atoms with van der Waals surface area (Å²) in [6.07, 6.45) is 2.07. The largest absolute Gasteiger partial charge is 0.453 e. The maximum absolute atomic E-state index is 14.0. The van der Waals surface area contributed by atoms with Crippen molar-refractivity contribution in [1.29, 1.82) is 0 Å². The van der Waals surface area contributed by atoms with Gasteiger partial charge in [0.25, 0.3) is 0 Å². The van der Waals surface area contributed by atoms with Gasteiger partial charge >= 0.3 is 12.2 Å². The second-order valence-electron chi connectivity index (χ2n) is 17.5. The number of imidazole rings is 2. The SMILES string of the molecule is COC(=O)N[C@H](C(=O)N1[C@H](C)[C@H](C)C[C@H]1c1ncc(-c2ccc3cc(-c4ccc5nc([C@@H]6C[C@@H](C)[C@@H](C)N6C(=O)[C@@H](NC(=O)OC)C(C)C)[nH]c5c4)ccc3c2)[nH]1)C(C)C. The molecule has 2 aromatic heterocycles. The predicted octanol–water partition coefficient (Wildman–Crippen LogP) is 8.13. The second-order valence-corrected chi connectivity index (χ2v) is 17.5. The van der Waals surface area contributed by atoms with E-state index in [1.165, 1.54) is 14.2 Å². The first-order chi connectivity index (χ1) is 28.6. The minimum Gasteiger partial charge on any atom is -0.453 e. The highest BCUT2D eigenvalue weighted by atomic mass is 16.5. The number of aromatic nitrogens is 4. The Bertz CT molecular complexity index is 2400. The first-order valence-electron chi connectivity index (χ1n) is 21.0. The molecular formula is C46H58N8O6. The summed E-state index contributed by atoms with van der Waals surface area (Å²) in [5.41, 5.74) is 5.62. The lowest BCUT2D eigenvalue weighted by Gasteiger charge is -2.33. The first kappa shape index (κ1) is 42.2. The standard InChI is InChI=1S/C46H58N8O6/c1-23(2)39(51-45(57)59-9)43(55)53-27(7)25(5)17-37(53)41-47-22-36(50-41)33-14-13-29-19-30(11-12-31(29)20-33)32-15-16-34-35(21-32)49-42(48-34)38-18-26(6)28(8)54(38)44(56)40(24(3)4)52-46(58)60-10/h11-16,19-28,37-40H,17-18H2,1-10H3,(H,47,50)(H,48,49)(H,51,57)(H,52,58)/t25-,26-,27-,28-,37+,38+,39+,40+/m1/s1. The molecule has 14 nitrogen and oxygen atoms in total. The van der Waals surface area contributed by atoms with Gasteiger partial charge in [-0.1, -0.05) is 71.9 Å². The molecule has 4 N–H and O–H groups in total. The monoisotopic (exact) mass is 818 g/mol. The van der Waals surface area contributed by atoms with E-state index in [0.29, 0.717) is 0 Å². The number of nitrogens with one attached hydrogen (secondary N) is 4. The summed E-state index contributed by atoms with van der Waals surface area (Å²) in [5.74, 6) is 1.37. The van der Waals surface area contributed by atoms with Crippen LogP contribution >= 0.6 is 0 Å². The van der Waals surface area contributed by atoms with Crippen molar-refractivity contribution in [1.82, 2.24) is 40.4 Å². The summed E-state index contributed by atoms with van der Waals surface area (Å²) in [6, 6.07) is 16.9. The molecule has 7 rings (SSSR count). The predicted molar refractivity (Wildman–Crippen MR) is 231 cm³/mol. The number of hydrogen-bond donors (Lipinski definition) is 4. The number of likely N-dealkylation sites (tertiary alicyclic amines) is 2. The van der Waals surface area contributed by atoms with Crippen LogP contribution in [0.4, 0.5) is 9.59 Å². The minimum atomic E-state index is -0.723. The first-order valence-corrected chi connectivity index (χ1v) is 21.0. The van der Waals surface area contributed by atoms with Gasteiger partial charge in [-0.3, -0.25) is 9.59 Å². The third-order valence-corrected chi connectivity index (χ3v) is 12.9. The molecule has 14 heteroatoms. The Hall–Kier alpha value is -5.92. The van der Waals surface area contributed by atoms with Gasteiger partial charge < -0.3 is 39.9 Å². The lowest BCUT2D eigenvalue weighted by molar-refractivity contribution is -0.138. The number of fused-ring (bicyclic) bond motifs is 2. The van der Waals surface area contributed by atoms with E-state index in [1.54, 1.807) is 0 Å². The summed E-state index contributed by atoms with van der Waals surface area (Å²) in [6.45, 7) is 16.0. The second kappa shape index (κ2) is 17.0. The van der Waals surface area contributed by atoms with Crippen molar-refractivity contribution >= 4 is 45.8 Å². The van der Waals surface area contributed by atoms with Gasteiger partial charge in [0.05, 0.1) is 49.2 Å². The van der Waals surface area contributed by atoms with Crippen LogP contribution in [0, 0.1) is 23.7 Å². The van der Waals surface area contributed by atoms with Crippen LogP contribution in [0.2, 0.25) is 0 Å². The van der Waals surface area contributed by atoms with Gasteiger partial charge in [0.15, 0.2) is 0 Å². The van der Waals surface area contributed by atoms with Crippen LogP contribution in [-0.2, 0) is 19.1 Å². The fraction of sp³-hybridized carbons (Fsp3) is 0.478. The number of hydrogen-bond acceptors (Lipinski definition) is 8. The Morgan fingerprint density at radius 3 is 1.68 bits per heavy atom. The van der Waals surface area contributed by atoms with Crippen molar-refractivity contribution in [2.75, 3.05) is 14.2 Å². The van der Waals surface area contributed by atoms with E-state index in [0.717, 1.165) is 68.7 Å². The van der Waals surface area contributed by atoms with Crippen LogP contribution < -0.4 is 10.6 Å². The quantitative estimate of drug-likeness (QED) is 0.109. The Balaban J connectivity index is 1.11. The molecule has 2 saturated heterocycles. The number of aromatic amines is 2. The van der Waals surface area contributed by atoms with Crippen LogP contribution in [0.3, 0.4) is 0 Å². The third-order valence-electron chi connectivity index (χ3n) is 12.9. The molecular weight excluding hydrogens is 761 g/mol. The van der Waals surface area contributed by atoms with Crippen molar-refractivity contribution in [2.24, 2.45) is 23.7 Å². The van der Waals surface area contributed by atoms with Gasteiger partial charge in [-0.25, -0.2) is 19.6 Å². The number of ether oxygens (including phenoxy) is 2. The number of carbonyl (C=O) groups is 4. The zero-order valence-electron chi connectivity index (χ0n) is 36.2. The molecule has 5 aromatic rings. The fourth-order valence-electron chi connectivity index (χ4n) is 8.97. The van der Waals surface area contributed by atoms with E-state index in [9.17, 15) is 19.2 Å². The van der Waals surface area contributed by atoms with E-state index in [2.05, 4.69) is 96.8 Å². The Labute approximate surface area is 351 Å². The van der Waals surface area contributed by atoms with Crippen molar-refractivity contribution in [2.45, 2.75) is 104 Å². The summed E-state index contributed by atoms with van der Waals surface area (Å²) in [4.78, 5) is 72.8. The van der Waals surface area contributed by atoms with Gasteiger partial charge in [0.1, 0.15) is 23.7 Å². The number of amides is 4. The third kappa shape index (κ3) is 8.03. The molecule has 0 saturated carbocycles. The number of nitrogens with zero attached hydrogens (tertiary/aromatic N) is 4. The van der Waals surface area contributed by atoms with Gasteiger partial charge in [-0.15, -0.1) is 0 Å². The zero-order chi connectivity index (χ0) is 43.2. The Morgan fingerprint density at radius 2 is 1.15 bits per heavy atom. The lowest BCUT2D eigenvalue weighted by Crippen LogP contribution is -2.53. The molecule has 3 aromatic carbocycles. The smallest absolute Gasteiger partial charge is 0.407 e. The fourth-order valence-corrected chi connectivity index (χ4v) is 8.97. The maximum Gasteiger partial charge on any atom is 0.407 e. The molecule has 4 heterocycles. The maximum atomic E-state index is 14.0. The highest BCUT2D eigenvalue weighted by Gasteiger charge is 2.46. The number of rotatable bonds is 10. The van der Waals surface area contributed by atoms with Crippen LogP contribution in [0.1, 0.15) is 92.0 Å². The van der Waals surface area contributed by atoms with Crippen LogP contribution in [-0.4, -0.2) is 92.1 Å². The van der Waals surface area contributed by atoms with E-state index < -0.39 is 24.3 Å². The average molecular weight is 819 g/mol. The molecule has 318 valence electrons. The number of benzene rings is 3. The summed E-state index contributed by atoms with van der Waals surface area (Å²) < 4.78 is 9.64. The molecule has 4 amide bonds. The van der Waals surface area contributed by atoms with E-state index >= 15 is 0 Å². The van der Waals surface area contributed by atoms with Crippen LogP contribution in [0.15, 0.2) is 60.8 Å². The zero-order valence-corrected chi connectivity index (χ0v) is 36.2. The van der Waals surface area contributed by atoms with Gasteiger partial charge in [0.2, 0.25) is 11.8 Å². The van der Waals surface area contributed by atoms with Gasteiger partial charge in [-0.05, 0) is 96.5 Å². The summed E-state index contributed by atoms with van der Waals surface area (Å²) >= 11 is 0. The molecule has 0 aliphatic carbocycles. The normalized spacial score (nSPS) is 22.7.